The van der Waals surface area contributed by atoms with Crippen molar-refractivity contribution in [2.24, 2.45) is 5.73 Å². The number of hydrogen-bond donors (Lipinski definition) is 4. The molecular formula is C12H15N3O3. The Kier molecular flexibility index (Phi) is 3.31. The minimum Gasteiger partial charge on any atom is -0.390 e. The average molecular weight is 249 g/mol. The van der Waals surface area contributed by atoms with Gasteiger partial charge in [-0.25, -0.2) is 0 Å². The van der Waals surface area contributed by atoms with Crippen LogP contribution in [-0.2, 0) is 4.79 Å². The molecule has 1 amide bonds. The summed E-state index contributed by atoms with van der Waals surface area (Å²) in [6.45, 7) is 1.90. The van der Waals surface area contributed by atoms with Crippen LogP contribution in [0.2, 0.25) is 0 Å². The highest BCUT2D eigenvalue weighted by atomic mass is 16.3. The number of benzene rings is 1. The van der Waals surface area contributed by atoms with E-state index in [1.807, 2.05) is 13.0 Å². The van der Waals surface area contributed by atoms with Crippen LogP contribution in [0.4, 0.5) is 0 Å². The number of carbonyl (C=O) groups is 1. The van der Waals surface area contributed by atoms with Crippen LogP contribution in [0.25, 0.3) is 10.9 Å². The molecule has 1 aromatic carbocycles. The van der Waals surface area contributed by atoms with Crippen LogP contribution < -0.4 is 5.73 Å². The summed E-state index contributed by atoms with van der Waals surface area (Å²) in [6, 6.07) is 5.18. The Balaban J connectivity index is 2.27. The first kappa shape index (κ1) is 12.5. The van der Waals surface area contributed by atoms with E-state index in [1.165, 1.54) is 0 Å². The van der Waals surface area contributed by atoms with Gasteiger partial charge in [0, 0.05) is 11.1 Å². The molecule has 5 N–H and O–H groups in total. The van der Waals surface area contributed by atoms with Gasteiger partial charge in [-0.15, -0.1) is 0 Å². The van der Waals surface area contributed by atoms with E-state index < -0.39 is 18.1 Å². The molecule has 1 heterocycles. The number of nitrogens with zero attached hydrogens (tertiary/aromatic N) is 1. The van der Waals surface area contributed by atoms with Crippen LogP contribution in [0, 0.1) is 6.92 Å². The minimum absolute atomic E-state index is 0.279. The molecule has 0 saturated heterocycles. The van der Waals surface area contributed by atoms with Crippen LogP contribution in [0.1, 0.15) is 23.8 Å². The molecule has 96 valence electrons. The van der Waals surface area contributed by atoms with Crippen LogP contribution in [0.5, 0.6) is 0 Å². The molecule has 6 heteroatoms. The average Bonchev–Trinajstić information content (AvgIpc) is 2.69. The maximum atomic E-state index is 10.7. The molecule has 0 aliphatic carbocycles. The number of amides is 1. The first-order valence-electron chi connectivity index (χ1n) is 5.58. The van der Waals surface area contributed by atoms with Gasteiger partial charge in [-0.3, -0.25) is 9.89 Å². The zero-order valence-corrected chi connectivity index (χ0v) is 9.92. The van der Waals surface area contributed by atoms with Crippen molar-refractivity contribution in [2.75, 3.05) is 0 Å². The number of primary amides is 1. The number of H-pyrrole nitrogens is 1. The Labute approximate surface area is 103 Å². The molecule has 0 aliphatic rings. The first-order valence-corrected chi connectivity index (χ1v) is 5.58. The minimum atomic E-state index is -1.21. The van der Waals surface area contributed by atoms with E-state index in [0.29, 0.717) is 11.1 Å². The lowest BCUT2D eigenvalue weighted by Crippen LogP contribution is -2.25. The Morgan fingerprint density at radius 1 is 1.50 bits per heavy atom. The number of fused-ring (bicyclic) bond motifs is 1. The fraction of sp³-hybridized carbons (Fsp3) is 0.333. The quantitative estimate of drug-likeness (QED) is 0.617. The molecule has 0 spiro atoms. The Morgan fingerprint density at radius 3 is 2.89 bits per heavy atom. The predicted molar refractivity (Wildman–Crippen MR) is 65.6 cm³/mol. The second-order valence-electron chi connectivity index (χ2n) is 4.31. The van der Waals surface area contributed by atoms with Crippen molar-refractivity contribution in [2.45, 2.75) is 25.6 Å². The standard InChI is InChI=1S/C12H15N3O3/c1-6-8-3-2-7(4-9(8)15-14-6)12(18)10(16)5-11(13)17/h2-4,10,12,16,18H,5H2,1H3,(H2,13,17)(H,14,15). The molecule has 0 saturated carbocycles. The number of nitrogens with one attached hydrogen (secondary N) is 1. The lowest BCUT2D eigenvalue weighted by Gasteiger charge is -2.16. The molecule has 0 bridgehead atoms. The Morgan fingerprint density at radius 2 is 2.22 bits per heavy atom. The fourth-order valence-corrected chi connectivity index (χ4v) is 1.89. The second kappa shape index (κ2) is 4.75. The van der Waals surface area contributed by atoms with Gasteiger partial charge in [0.1, 0.15) is 6.10 Å². The van der Waals surface area contributed by atoms with Gasteiger partial charge in [0.05, 0.1) is 18.0 Å². The van der Waals surface area contributed by atoms with Crippen molar-refractivity contribution in [3.8, 4) is 0 Å². The normalized spacial score (nSPS) is 14.6. The third-order valence-corrected chi connectivity index (χ3v) is 2.89. The molecule has 0 radical (unpaired) electrons. The van der Waals surface area contributed by atoms with Crippen molar-refractivity contribution in [1.29, 1.82) is 0 Å². The van der Waals surface area contributed by atoms with E-state index >= 15 is 0 Å². The summed E-state index contributed by atoms with van der Waals surface area (Å²) < 4.78 is 0. The van der Waals surface area contributed by atoms with E-state index in [0.717, 1.165) is 11.1 Å². The summed E-state index contributed by atoms with van der Waals surface area (Å²) in [5.41, 5.74) is 7.12. The molecule has 2 atom stereocenters. The fourth-order valence-electron chi connectivity index (χ4n) is 1.89. The first-order chi connectivity index (χ1) is 8.49. The van der Waals surface area contributed by atoms with E-state index in [9.17, 15) is 15.0 Å². The number of carbonyl (C=O) groups excluding carboxylic acids is 1. The van der Waals surface area contributed by atoms with E-state index in [2.05, 4.69) is 10.2 Å². The summed E-state index contributed by atoms with van der Waals surface area (Å²) in [5.74, 6) is -0.654. The lowest BCUT2D eigenvalue weighted by atomic mass is 10.0. The van der Waals surface area contributed by atoms with Crippen LogP contribution in [-0.4, -0.2) is 32.4 Å². The Hall–Kier alpha value is -1.92. The van der Waals surface area contributed by atoms with Gasteiger partial charge < -0.3 is 15.9 Å². The van der Waals surface area contributed by atoms with Gasteiger partial charge in [-0.2, -0.15) is 5.10 Å². The maximum absolute atomic E-state index is 10.7. The van der Waals surface area contributed by atoms with Crippen molar-refractivity contribution >= 4 is 16.8 Å². The summed E-state index contributed by atoms with van der Waals surface area (Å²) in [6.07, 6.45) is -2.64. The SMILES string of the molecule is Cc1[nH]nc2cc(C(O)C(O)CC(N)=O)ccc12. The highest BCUT2D eigenvalue weighted by Crippen LogP contribution is 2.23. The third-order valence-electron chi connectivity index (χ3n) is 2.89. The van der Waals surface area contributed by atoms with Gasteiger partial charge in [0.15, 0.2) is 0 Å². The monoisotopic (exact) mass is 249 g/mol. The number of aliphatic hydroxyl groups excluding tert-OH is 2. The number of aromatic amines is 1. The summed E-state index contributed by atoms with van der Waals surface area (Å²) in [7, 11) is 0. The van der Waals surface area contributed by atoms with Crippen LogP contribution in [0.3, 0.4) is 0 Å². The molecule has 0 fully saturated rings. The topological polar surface area (TPSA) is 112 Å². The largest absolute Gasteiger partial charge is 0.390 e. The molecule has 0 aliphatic heterocycles. The van der Waals surface area contributed by atoms with Crippen molar-refractivity contribution < 1.29 is 15.0 Å². The summed E-state index contributed by atoms with van der Waals surface area (Å²) in [5, 5.41) is 27.4. The number of aromatic nitrogens is 2. The van der Waals surface area contributed by atoms with Crippen molar-refractivity contribution in [1.82, 2.24) is 10.2 Å². The Bertz CT molecular complexity index is 579. The number of hydrogen-bond acceptors (Lipinski definition) is 4. The number of nitrogens with two attached hydrogens (primary N) is 1. The number of aliphatic hydroxyl groups is 2. The molecule has 2 rings (SSSR count). The zero-order valence-electron chi connectivity index (χ0n) is 9.92. The van der Waals surface area contributed by atoms with Crippen molar-refractivity contribution in [3.63, 3.8) is 0 Å². The smallest absolute Gasteiger partial charge is 0.220 e. The van der Waals surface area contributed by atoms with E-state index in [-0.39, 0.29) is 6.42 Å². The molecular weight excluding hydrogens is 234 g/mol. The van der Waals surface area contributed by atoms with Crippen LogP contribution in [0.15, 0.2) is 18.2 Å². The van der Waals surface area contributed by atoms with Gasteiger partial charge in [-0.1, -0.05) is 12.1 Å². The van der Waals surface area contributed by atoms with Gasteiger partial charge in [0.25, 0.3) is 0 Å². The number of aryl methyl sites for hydroxylation is 1. The van der Waals surface area contributed by atoms with Crippen LogP contribution >= 0.6 is 0 Å². The lowest BCUT2D eigenvalue weighted by molar-refractivity contribution is -0.121. The third kappa shape index (κ3) is 2.34. The summed E-state index contributed by atoms with van der Waals surface area (Å²) in [4.78, 5) is 10.7. The molecule has 18 heavy (non-hydrogen) atoms. The van der Waals surface area contributed by atoms with E-state index in [1.54, 1.807) is 12.1 Å². The summed E-state index contributed by atoms with van der Waals surface area (Å²) >= 11 is 0. The number of rotatable bonds is 4. The highest BCUT2D eigenvalue weighted by Gasteiger charge is 2.20. The van der Waals surface area contributed by atoms with E-state index in [4.69, 9.17) is 5.73 Å². The van der Waals surface area contributed by atoms with Crippen molar-refractivity contribution in [3.05, 3.63) is 29.5 Å². The molecule has 2 aromatic rings. The van der Waals surface area contributed by atoms with Gasteiger partial charge >= 0.3 is 0 Å². The van der Waals surface area contributed by atoms with Gasteiger partial charge in [0.2, 0.25) is 5.91 Å². The second-order valence-corrected chi connectivity index (χ2v) is 4.31. The zero-order chi connectivity index (χ0) is 13.3. The predicted octanol–water partition coefficient (Wildman–Crippen LogP) is 0.141. The highest BCUT2D eigenvalue weighted by molar-refractivity contribution is 5.81. The molecule has 1 aromatic heterocycles. The molecule has 2 unspecified atom stereocenters. The molecule has 6 nitrogen and oxygen atoms in total. The van der Waals surface area contributed by atoms with Gasteiger partial charge in [-0.05, 0) is 18.6 Å². The maximum Gasteiger partial charge on any atom is 0.220 e.